The van der Waals surface area contributed by atoms with Gasteiger partial charge in [0, 0.05) is 12.1 Å². The Morgan fingerprint density at radius 1 is 1.67 bits per heavy atom. The minimum Gasteiger partial charge on any atom is -0.394 e. The number of hydrogen-bond acceptors (Lipinski definition) is 2. The summed E-state index contributed by atoms with van der Waals surface area (Å²) in [5.74, 6) is 0. The second kappa shape index (κ2) is 2.86. The Bertz CT molecular complexity index is 212. The number of nitrogens with zero attached hydrogens (tertiary/aromatic N) is 1. The van der Waals surface area contributed by atoms with E-state index in [1.165, 1.54) is 25.0 Å². The predicted molar refractivity (Wildman–Crippen MR) is 49.0 cm³/mol. The number of aliphatic hydroxyl groups excluding tert-OH is 1. The number of hydrogen-bond donors (Lipinski definition) is 1. The molecule has 2 nitrogen and oxygen atoms in total. The Kier molecular flexibility index (Phi) is 1.97. The molecule has 1 atom stereocenters. The smallest absolute Gasteiger partial charge is 0.0618 e. The molecule has 2 saturated heterocycles. The molecule has 0 radical (unpaired) electrons. The van der Waals surface area contributed by atoms with E-state index in [0.29, 0.717) is 6.61 Å². The average Bonchev–Trinajstić information content (AvgIpc) is 2.58. The molecule has 12 heavy (non-hydrogen) atoms. The molecule has 0 saturated carbocycles. The second-order valence-electron chi connectivity index (χ2n) is 4.03. The molecule has 0 aromatic rings. The minimum atomic E-state index is 0.141. The largest absolute Gasteiger partial charge is 0.394 e. The number of allylic oxidation sites excluding steroid dienone is 1. The van der Waals surface area contributed by atoms with E-state index in [4.69, 9.17) is 0 Å². The molecule has 0 bridgehead atoms. The van der Waals surface area contributed by atoms with Crippen molar-refractivity contribution in [2.24, 2.45) is 0 Å². The first kappa shape index (κ1) is 8.27. The molecule has 2 fully saturated rings. The molecule has 2 heterocycles. The summed E-state index contributed by atoms with van der Waals surface area (Å²) in [6, 6.07) is 0. The zero-order valence-corrected chi connectivity index (χ0v) is 7.71. The van der Waals surface area contributed by atoms with Gasteiger partial charge >= 0.3 is 0 Å². The predicted octanol–water partition coefficient (Wildman–Crippen LogP) is 1.16. The van der Waals surface area contributed by atoms with Crippen LogP contribution in [0.5, 0.6) is 0 Å². The summed E-state index contributed by atoms with van der Waals surface area (Å²) in [6.45, 7) is 4.71. The Hall–Kier alpha value is -0.340. The normalized spacial score (nSPS) is 39.3. The maximum Gasteiger partial charge on any atom is 0.0618 e. The molecule has 2 heteroatoms. The van der Waals surface area contributed by atoms with Crippen LogP contribution in [0.4, 0.5) is 0 Å². The van der Waals surface area contributed by atoms with Gasteiger partial charge in [0.05, 0.1) is 6.61 Å². The Labute approximate surface area is 73.9 Å². The highest BCUT2D eigenvalue weighted by Crippen LogP contribution is 2.40. The number of rotatable bonds is 1. The molecule has 0 spiro atoms. The molecule has 0 amide bonds. The van der Waals surface area contributed by atoms with E-state index in [-0.39, 0.29) is 5.54 Å². The van der Waals surface area contributed by atoms with Gasteiger partial charge in [-0.25, -0.2) is 0 Å². The van der Waals surface area contributed by atoms with Crippen LogP contribution in [0.15, 0.2) is 11.6 Å². The fourth-order valence-corrected chi connectivity index (χ4v) is 2.59. The maximum atomic E-state index is 9.37. The van der Waals surface area contributed by atoms with Crippen LogP contribution in [-0.4, -0.2) is 35.2 Å². The molecule has 2 aliphatic heterocycles. The fraction of sp³-hybridized carbons (Fsp3) is 0.800. The van der Waals surface area contributed by atoms with Crippen LogP contribution in [0.2, 0.25) is 0 Å². The van der Waals surface area contributed by atoms with Crippen LogP contribution in [0.1, 0.15) is 26.2 Å². The Morgan fingerprint density at radius 2 is 2.50 bits per heavy atom. The van der Waals surface area contributed by atoms with E-state index in [2.05, 4.69) is 17.9 Å². The quantitative estimate of drug-likeness (QED) is 0.592. The van der Waals surface area contributed by atoms with Crippen molar-refractivity contribution in [1.82, 2.24) is 4.90 Å². The summed E-state index contributed by atoms with van der Waals surface area (Å²) in [6.07, 6.45) is 5.74. The van der Waals surface area contributed by atoms with Gasteiger partial charge in [0.1, 0.15) is 0 Å². The van der Waals surface area contributed by atoms with Crippen molar-refractivity contribution in [1.29, 1.82) is 0 Å². The van der Waals surface area contributed by atoms with Crippen LogP contribution in [0.3, 0.4) is 0 Å². The SMILES string of the molecule is C/C=C1/CN2CCC[C@@]2(CO)C1. The summed E-state index contributed by atoms with van der Waals surface area (Å²) < 4.78 is 0. The molecule has 1 N–H and O–H groups in total. The molecule has 68 valence electrons. The van der Waals surface area contributed by atoms with Gasteiger partial charge in [0.15, 0.2) is 0 Å². The molecule has 0 aromatic carbocycles. The van der Waals surface area contributed by atoms with Gasteiger partial charge in [-0.15, -0.1) is 0 Å². The molecular formula is C10H17NO. The summed E-state index contributed by atoms with van der Waals surface area (Å²) in [4.78, 5) is 2.45. The summed E-state index contributed by atoms with van der Waals surface area (Å²) in [5.41, 5.74) is 1.64. The number of aliphatic hydroxyl groups is 1. The zero-order valence-electron chi connectivity index (χ0n) is 7.71. The van der Waals surface area contributed by atoms with E-state index in [1.54, 1.807) is 0 Å². The van der Waals surface area contributed by atoms with Gasteiger partial charge in [-0.3, -0.25) is 4.90 Å². The van der Waals surface area contributed by atoms with E-state index < -0.39 is 0 Å². The monoisotopic (exact) mass is 167 g/mol. The van der Waals surface area contributed by atoms with Crippen molar-refractivity contribution < 1.29 is 5.11 Å². The van der Waals surface area contributed by atoms with E-state index in [0.717, 1.165) is 13.0 Å². The summed E-state index contributed by atoms with van der Waals surface area (Å²) >= 11 is 0. The second-order valence-corrected chi connectivity index (χ2v) is 4.03. The van der Waals surface area contributed by atoms with Gasteiger partial charge < -0.3 is 5.11 Å². The highest BCUT2D eigenvalue weighted by atomic mass is 16.3. The van der Waals surface area contributed by atoms with Crippen molar-refractivity contribution in [3.8, 4) is 0 Å². The van der Waals surface area contributed by atoms with Crippen LogP contribution >= 0.6 is 0 Å². The number of fused-ring (bicyclic) bond motifs is 1. The van der Waals surface area contributed by atoms with E-state index in [1.807, 2.05) is 0 Å². The fourth-order valence-electron chi connectivity index (χ4n) is 2.59. The Morgan fingerprint density at radius 3 is 3.08 bits per heavy atom. The lowest BCUT2D eigenvalue weighted by Gasteiger charge is -2.28. The summed E-state index contributed by atoms with van der Waals surface area (Å²) in [5, 5.41) is 9.37. The lowest BCUT2D eigenvalue weighted by Crippen LogP contribution is -2.41. The third kappa shape index (κ3) is 1.02. The molecule has 2 rings (SSSR count). The third-order valence-electron chi connectivity index (χ3n) is 3.39. The minimum absolute atomic E-state index is 0.141. The van der Waals surface area contributed by atoms with Crippen LogP contribution in [-0.2, 0) is 0 Å². The standard InChI is InChI=1S/C10H17NO/c1-2-9-6-10(8-12)4-3-5-11(10)7-9/h2,12H,3-8H2,1H3/b9-2+/t10-/m0/s1. The highest BCUT2D eigenvalue weighted by molar-refractivity contribution is 5.19. The Balaban J connectivity index is 2.20. The molecule has 0 aliphatic carbocycles. The average molecular weight is 167 g/mol. The van der Waals surface area contributed by atoms with Gasteiger partial charge in [0.25, 0.3) is 0 Å². The van der Waals surface area contributed by atoms with Crippen molar-refractivity contribution in [3.05, 3.63) is 11.6 Å². The topological polar surface area (TPSA) is 23.5 Å². The van der Waals surface area contributed by atoms with Crippen LogP contribution < -0.4 is 0 Å². The van der Waals surface area contributed by atoms with Crippen molar-refractivity contribution in [3.63, 3.8) is 0 Å². The first-order valence-electron chi connectivity index (χ1n) is 4.81. The van der Waals surface area contributed by atoms with E-state index in [9.17, 15) is 5.11 Å². The van der Waals surface area contributed by atoms with Crippen molar-refractivity contribution >= 4 is 0 Å². The summed E-state index contributed by atoms with van der Waals surface area (Å²) in [7, 11) is 0. The van der Waals surface area contributed by atoms with Gasteiger partial charge in [0.2, 0.25) is 0 Å². The van der Waals surface area contributed by atoms with Crippen molar-refractivity contribution in [2.75, 3.05) is 19.7 Å². The molecule has 0 unspecified atom stereocenters. The first-order chi connectivity index (χ1) is 5.80. The van der Waals surface area contributed by atoms with Crippen LogP contribution in [0.25, 0.3) is 0 Å². The zero-order chi connectivity index (χ0) is 8.60. The molecule has 0 aromatic heterocycles. The van der Waals surface area contributed by atoms with Gasteiger partial charge in [-0.2, -0.15) is 0 Å². The van der Waals surface area contributed by atoms with Gasteiger partial charge in [-0.05, 0) is 32.7 Å². The lowest BCUT2D eigenvalue weighted by atomic mass is 9.93. The molecular weight excluding hydrogens is 150 g/mol. The van der Waals surface area contributed by atoms with Crippen molar-refractivity contribution in [2.45, 2.75) is 31.7 Å². The van der Waals surface area contributed by atoms with Crippen LogP contribution in [0, 0.1) is 0 Å². The highest BCUT2D eigenvalue weighted by Gasteiger charge is 2.45. The first-order valence-corrected chi connectivity index (χ1v) is 4.81. The van der Waals surface area contributed by atoms with Gasteiger partial charge in [-0.1, -0.05) is 11.6 Å². The molecule has 2 aliphatic rings. The van der Waals surface area contributed by atoms with E-state index >= 15 is 0 Å². The maximum absolute atomic E-state index is 9.37. The lowest BCUT2D eigenvalue weighted by molar-refractivity contribution is 0.1000. The third-order valence-corrected chi connectivity index (χ3v) is 3.39.